The number of aliphatic carboxylic acids is 1. The van der Waals surface area contributed by atoms with Crippen molar-refractivity contribution in [2.75, 3.05) is 23.8 Å². The number of carboxylic acids is 1. The number of rotatable bonds is 4. The lowest BCUT2D eigenvalue weighted by Crippen LogP contribution is -2.32. The van der Waals surface area contributed by atoms with Gasteiger partial charge in [-0.05, 0) is 55.2 Å². The summed E-state index contributed by atoms with van der Waals surface area (Å²) in [5, 5.41) is 8.97. The summed E-state index contributed by atoms with van der Waals surface area (Å²) in [6.07, 6.45) is 5.42. The van der Waals surface area contributed by atoms with E-state index in [1.165, 1.54) is 11.9 Å². The Labute approximate surface area is 168 Å². The molecule has 8 heteroatoms. The van der Waals surface area contributed by atoms with Gasteiger partial charge in [-0.3, -0.25) is 9.59 Å². The van der Waals surface area contributed by atoms with Crippen LogP contribution in [0.3, 0.4) is 0 Å². The van der Waals surface area contributed by atoms with Crippen LogP contribution in [0.15, 0.2) is 30.6 Å². The molecule has 0 saturated heterocycles. The van der Waals surface area contributed by atoms with Gasteiger partial charge in [0.05, 0.1) is 6.54 Å². The summed E-state index contributed by atoms with van der Waals surface area (Å²) < 4.78 is 5.57. The molecule has 2 aromatic rings. The number of benzene rings is 1. The molecule has 1 aromatic heterocycles. The zero-order chi connectivity index (χ0) is 20.4. The number of amides is 1. The molecule has 0 atom stereocenters. The fourth-order valence-electron chi connectivity index (χ4n) is 4.28. The van der Waals surface area contributed by atoms with Crippen LogP contribution >= 0.6 is 0 Å². The van der Waals surface area contributed by atoms with Crippen LogP contribution in [-0.2, 0) is 4.79 Å². The van der Waals surface area contributed by atoms with Gasteiger partial charge in [0.25, 0.3) is 5.91 Å². The van der Waals surface area contributed by atoms with E-state index in [9.17, 15) is 9.59 Å². The van der Waals surface area contributed by atoms with Crippen molar-refractivity contribution in [2.45, 2.75) is 38.0 Å². The van der Waals surface area contributed by atoms with E-state index in [1.54, 1.807) is 4.90 Å². The van der Waals surface area contributed by atoms with Crippen molar-refractivity contribution in [1.29, 1.82) is 0 Å². The number of anilines is 2. The lowest BCUT2D eigenvalue weighted by atomic mass is 9.77. The van der Waals surface area contributed by atoms with Gasteiger partial charge in [0, 0.05) is 12.1 Å². The lowest BCUT2D eigenvalue weighted by molar-refractivity contribution is -0.138. The van der Waals surface area contributed by atoms with E-state index in [0.29, 0.717) is 19.1 Å². The number of nitrogens with zero attached hydrogens (tertiary/aromatic N) is 3. The molecule has 2 aliphatic rings. The van der Waals surface area contributed by atoms with Gasteiger partial charge in [0.15, 0.2) is 0 Å². The Bertz CT molecular complexity index is 907. The van der Waals surface area contributed by atoms with Gasteiger partial charge in [-0.2, -0.15) is 0 Å². The molecule has 0 bridgehead atoms. The van der Waals surface area contributed by atoms with Gasteiger partial charge in [-0.25, -0.2) is 9.97 Å². The zero-order valence-corrected chi connectivity index (χ0v) is 16.1. The zero-order valence-electron chi connectivity index (χ0n) is 16.1. The normalized spacial score (nSPS) is 21.8. The summed E-state index contributed by atoms with van der Waals surface area (Å²) in [6, 6.07) is 8.01. The van der Waals surface area contributed by atoms with Gasteiger partial charge < -0.3 is 20.5 Å². The Morgan fingerprint density at radius 1 is 1.17 bits per heavy atom. The number of hydrogen-bond donors (Lipinski definition) is 2. The molecular weight excluding hydrogens is 372 g/mol. The topological polar surface area (TPSA) is 119 Å². The minimum atomic E-state index is -0.712. The highest BCUT2D eigenvalue weighted by Gasteiger charge is 2.29. The average Bonchev–Trinajstić information content (AvgIpc) is 2.88. The third kappa shape index (κ3) is 4.01. The highest BCUT2D eigenvalue weighted by Crippen LogP contribution is 2.38. The average molecular weight is 396 g/mol. The van der Waals surface area contributed by atoms with Gasteiger partial charge in [-0.1, -0.05) is 12.1 Å². The predicted molar refractivity (Wildman–Crippen MR) is 107 cm³/mol. The monoisotopic (exact) mass is 396 g/mol. The first-order valence-corrected chi connectivity index (χ1v) is 9.90. The van der Waals surface area contributed by atoms with E-state index in [-0.39, 0.29) is 35.5 Å². The SMILES string of the molecule is Nc1ncnc2c1C(=O)N(c1ccc([C@H]3CC[C@@H](CC(=O)O)CC3)cc1)CCO2. The third-order valence-corrected chi connectivity index (χ3v) is 5.84. The van der Waals surface area contributed by atoms with Crippen LogP contribution in [0.1, 0.15) is 53.9 Å². The number of nitrogen functional groups attached to an aromatic ring is 1. The maximum atomic E-state index is 13.0. The number of nitrogens with two attached hydrogens (primary N) is 1. The number of ether oxygens (including phenoxy) is 1. The van der Waals surface area contributed by atoms with Crippen LogP contribution in [0.4, 0.5) is 11.5 Å². The van der Waals surface area contributed by atoms with Crippen molar-refractivity contribution in [2.24, 2.45) is 5.92 Å². The molecular formula is C21H24N4O4. The second-order valence-corrected chi connectivity index (χ2v) is 7.65. The maximum absolute atomic E-state index is 13.0. The van der Waals surface area contributed by atoms with Gasteiger partial charge >= 0.3 is 5.97 Å². The molecule has 2 heterocycles. The molecule has 1 aromatic carbocycles. The molecule has 3 N–H and O–H groups in total. The lowest BCUT2D eigenvalue weighted by Gasteiger charge is -2.28. The van der Waals surface area contributed by atoms with E-state index in [2.05, 4.69) is 22.1 Å². The molecule has 1 aliphatic heterocycles. The quantitative estimate of drug-likeness (QED) is 0.815. The maximum Gasteiger partial charge on any atom is 0.303 e. The first-order chi connectivity index (χ1) is 14.0. The van der Waals surface area contributed by atoms with Crippen LogP contribution < -0.4 is 15.4 Å². The van der Waals surface area contributed by atoms with Crippen LogP contribution in [-0.4, -0.2) is 40.1 Å². The summed E-state index contributed by atoms with van der Waals surface area (Å²) in [5.74, 6) is 0.0722. The molecule has 29 heavy (non-hydrogen) atoms. The Hall–Kier alpha value is -3.16. The van der Waals surface area contributed by atoms with Crippen LogP contribution in [0.25, 0.3) is 0 Å². The summed E-state index contributed by atoms with van der Waals surface area (Å²) in [7, 11) is 0. The van der Waals surface area contributed by atoms with Crippen molar-refractivity contribution in [3.05, 3.63) is 41.7 Å². The van der Waals surface area contributed by atoms with E-state index in [4.69, 9.17) is 15.6 Å². The second-order valence-electron chi connectivity index (χ2n) is 7.65. The first-order valence-electron chi connectivity index (χ1n) is 9.90. The molecule has 4 rings (SSSR count). The minimum absolute atomic E-state index is 0.113. The number of carboxylic acid groups (broad SMARTS) is 1. The van der Waals surface area contributed by atoms with Gasteiger partial charge in [0.2, 0.25) is 5.88 Å². The van der Waals surface area contributed by atoms with Crippen molar-refractivity contribution >= 4 is 23.4 Å². The van der Waals surface area contributed by atoms with E-state index in [1.807, 2.05) is 12.1 Å². The highest BCUT2D eigenvalue weighted by molar-refractivity contribution is 6.10. The Kier molecular flexibility index (Phi) is 5.33. The summed E-state index contributed by atoms with van der Waals surface area (Å²) in [5.41, 5.74) is 8.09. The molecule has 8 nitrogen and oxygen atoms in total. The van der Waals surface area contributed by atoms with E-state index in [0.717, 1.165) is 31.4 Å². The Morgan fingerprint density at radius 2 is 1.90 bits per heavy atom. The molecule has 0 spiro atoms. The summed E-state index contributed by atoms with van der Waals surface area (Å²) >= 11 is 0. The number of hydrogen-bond acceptors (Lipinski definition) is 6. The van der Waals surface area contributed by atoms with Crippen molar-refractivity contribution in [3.63, 3.8) is 0 Å². The molecule has 0 radical (unpaired) electrons. The van der Waals surface area contributed by atoms with E-state index < -0.39 is 5.97 Å². The fraction of sp³-hybridized carbons (Fsp3) is 0.429. The molecule has 1 aliphatic carbocycles. The largest absolute Gasteiger partial charge is 0.481 e. The number of aromatic nitrogens is 2. The minimum Gasteiger partial charge on any atom is -0.481 e. The Balaban J connectivity index is 1.48. The van der Waals surface area contributed by atoms with Gasteiger partial charge in [-0.15, -0.1) is 0 Å². The molecule has 152 valence electrons. The number of carbonyl (C=O) groups excluding carboxylic acids is 1. The van der Waals surface area contributed by atoms with Crippen LogP contribution in [0.2, 0.25) is 0 Å². The Morgan fingerprint density at radius 3 is 2.59 bits per heavy atom. The van der Waals surface area contributed by atoms with Crippen molar-refractivity contribution in [1.82, 2.24) is 9.97 Å². The number of carbonyl (C=O) groups is 2. The summed E-state index contributed by atoms with van der Waals surface area (Å²) in [4.78, 5) is 33.5. The van der Waals surface area contributed by atoms with Crippen LogP contribution in [0.5, 0.6) is 5.88 Å². The van der Waals surface area contributed by atoms with Crippen LogP contribution in [0, 0.1) is 5.92 Å². The number of fused-ring (bicyclic) bond motifs is 1. The van der Waals surface area contributed by atoms with Crippen molar-refractivity contribution < 1.29 is 19.4 Å². The molecule has 0 unspecified atom stereocenters. The fourth-order valence-corrected chi connectivity index (χ4v) is 4.28. The predicted octanol–water partition coefficient (Wildman–Crippen LogP) is 2.85. The van der Waals surface area contributed by atoms with E-state index >= 15 is 0 Å². The molecule has 1 saturated carbocycles. The standard InChI is InChI=1S/C21H24N4O4/c22-19-18-20(24-12-23-19)29-10-9-25(21(18)28)16-7-5-15(6-8-16)14-3-1-13(2-4-14)11-17(26)27/h5-8,12-14H,1-4,9-11H2,(H,26,27)(H2,22,23,24)/t13-,14+. The smallest absolute Gasteiger partial charge is 0.303 e. The first kappa shape index (κ1) is 19.2. The second kappa shape index (κ2) is 8.06. The molecule has 1 fully saturated rings. The highest BCUT2D eigenvalue weighted by atomic mass is 16.5. The van der Waals surface area contributed by atoms with Crippen molar-refractivity contribution in [3.8, 4) is 5.88 Å². The van der Waals surface area contributed by atoms with Gasteiger partial charge in [0.1, 0.15) is 24.3 Å². The third-order valence-electron chi connectivity index (χ3n) is 5.84. The molecule has 1 amide bonds. The summed E-state index contributed by atoms with van der Waals surface area (Å²) in [6.45, 7) is 0.721.